The largest absolute Gasteiger partial charge is 0.444 e. The standard InChI is InChI=1S/C19H38N2O2/c1-8-15(13-20-17(22)23-19(5,6)7)21-16-11-9-14(10-12-16)18(2,3)4/h14-16,21H,8-13H2,1-7H3,(H,20,22). The molecule has 0 aliphatic heterocycles. The minimum absolute atomic E-state index is 0.318. The molecule has 1 saturated carbocycles. The van der Waals surface area contributed by atoms with Gasteiger partial charge in [-0.2, -0.15) is 0 Å². The van der Waals surface area contributed by atoms with Crippen LogP contribution in [0.4, 0.5) is 4.79 Å². The average molecular weight is 327 g/mol. The fourth-order valence-electron chi connectivity index (χ4n) is 3.30. The number of amides is 1. The first kappa shape index (κ1) is 20.3. The maximum atomic E-state index is 11.8. The van der Waals surface area contributed by atoms with Gasteiger partial charge in [-0.05, 0) is 64.2 Å². The van der Waals surface area contributed by atoms with Gasteiger partial charge >= 0.3 is 6.09 Å². The third-order valence-electron chi connectivity index (χ3n) is 4.81. The summed E-state index contributed by atoms with van der Waals surface area (Å²) >= 11 is 0. The van der Waals surface area contributed by atoms with Gasteiger partial charge in [0.15, 0.2) is 0 Å². The number of alkyl carbamates (subject to hydrolysis) is 1. The zero-order valence-electron chi connectivity index (χ0n) is 16.3. The molecule has 1 unspecified atom stereocenters. The van der Waals surface area contributed by atoms with Gasteiger partial charge in [-0.3, -0.25) is 0 Å². The topological polar surface area (TPSA) is 50.4 Å². The minimum atomic E-state index is -0.440. The number of hydrogen-bond acceptors (Lipinski definition) is 3. The first-order valence-electron chi connectivity index (χ1n) is 9.24. The molecule has 1 aliphatic rings. The average Bonchev–Trinajstić information content (AvgIpc) is 2.41. The fourth-order valence-corrected chi connectivity index (χ4v) is 3.30. The molecule has 0 saturated heterocycles. The van der Waals surface area contributed by atoms with Crippen molar-refractivity contribution in [3.05, 3.63) is 0 Å². The molecule has 2 N–H and O–H groups in total. The van der Waals surface area contributed by atoms with Crippen molar-refractivity contribution in [1.29, 1.82) is 0 Å². The van der Waals surface area contributed by atoms with E-state index in [1.165, 1.54) is 25.7 Å². The second-order valence-corrected chi connectivity index (χ2v) is 9.07. The highest BCUT2D eigenvalue weighted by atomic mass is 16.6. The Kier molecular flexibility index (Phi) is 7.37. The normalized spacial score (nSPS) is 24.1. The van der Waals surface area contributed by atoms with E-state index in [2.05, 4.69) is 38.3 Å². The molecule has 0 aromatic carbocycles. The maximum Gasteiger partial charge on any atom is 0.407 e. The van der Waals surface area contributed by atoms with E-state index in [4.69, 9.17) is 4.74 Å². The van der Waals surface area contributed by atoms with Gasteiger partial charge < -0.3 is 15.4 Å². The monoisotopic (exact) mass is 326 g/mol. The fraction of sp³-hybridized carbons (Fsp3) is 0.947. The van der Waals surface area contributed by atoms with Crippen LogP contribution in [0.15, 0.2) is 0 Å². The zero-order valence-corrected chi connectivity index (χ0v) is 16.3. The summed E-state index contributed by atoms with van der Waals surface area (Å²) in [6, 6.07) is 0.901. The number of ether oxygens (including phenoxy) is 1. The van der Waals surface area contributed by atoms with Crippen molar-refractivity contribution in [1.82, 2.24) is 10.6 Å². The van der Waals surface area contributed by atoms with Crippen molar-refractivity contribution in [3.63, 3.8) is 0 Å². The van der Waals surface area contributed by atoms with Crippen molar-refractivity contribution < 1.29 is 9.53 Å². The van der Waals surface area contributed by atoms with Crippen molar-refractivity contribution in [2.75, 3.05) is 6.54 Å². The van der Waals surface area contributed by atoms with Crippen LogP contribution in [0.25, 0.3) is 0 Å². The van der Waals surface area contributed by atoms with Crippen LogP contribution in [-0.4, -0.2) is 30.3 Å². The van der Waals surface area contributed by atoms with Crippen LogP contribution in [0.2, 0.25) is 0 Å². The van der Waals surface area contributed by atoms with Gasteiger partial charge in [0.1, 0.15) is 5.60 Å². The number of nitrogens with one attached hydrogen (secondary N) is 2. The molecule has 0 spiro atoms. The van der Waals surface area contributed by atoms with Crippen molar-refractivity contribution in [2.45, 2.75) is 98.3 Å². The van der Waals surface area contributed by atoms with Crippen molar-refractivity contribution >= 4 is 6.09 Å². The Morgan fingerprint density at radius 3 is 2.09 bits per heavy atom. The van der Waals surface area contributed by atoms with Gasteiger partial charge in [0, 0.05) is 18.6 Å². The first-order valence-corrected chi connectivity index (χ1v) is 9.24. The molecule has 1 rings (SSSR count). The Hall–Kier alpha value is -0.770. The van der Waals surface area contributed by atoms with Crippen LogP contribution in [0.1, 0.15) is 80.6 Å². The predicted octanol–water partition coefficient (Wildman–Crippen LogP) is 4.48. The lowest BCUT2D eigenvalue weighted by Gasteiger charge is -2.38. The minimum Gasteiger partial charge on any atom is -0.444 e. The summed E-state index contributed by atoms with van der Waals surface area (Å²) < 4.78 is 5.30. The lowest BCUT2D eigenvalue weighted by Crippen LogP contribution is -2.47. The molecule has 1 atom stereocenters. The summed E-state index contributed by atoms with van der Waals surface area (Å²) in [6.45, 7) is 15.5. The van der Waals surface area contributed by atoms with E-state index in [1.54, 1.807) is 0 Å². The third kappa shape index (κ3) is 8.05. The third-order valence-corrected chi connectivity index (χ3v) is 4.81. The molecule has 0 bridgehead atoms. The van der Waals surface area contributed by atoms with E-state index < -0.39 is 5.60 Å². The Morgan fingerprint density at radius 1 is 1.09 bits per heavy atom. The summed E-state index contributed by atoms with van der Waals surface area (Å²) in [7, 11) is 0. The van der Waals surface area contributed by atoms with Crippen LogP contribution < -0.4 is 10.6 Å². The van der Waals surface area contributed by atoms with Crippen LogP contribution in [0.3, 0.4) is 0 Å². The van der Waals surface area contributed by atoms with E-state index in [9.17, 15) is 4.79 Å². The maximum absolute atomic E-state index is 11.8. The molecular formula is C19H38N2O2. The lowest BCUT2D eigenvalue weighted by molar-refractivity contribution is 0.0520. The predicted molar refractivity (Wildman–Crippen MR) is 96.7 cm³/mol. The zero-order chi connectivity index (χ0) is 17.7. The molecule has 0 aromatic heterocycles. The van der Waals surface area contributed by atoms with Crippen molar-refractivity contribution in [2.24, 2.45) is 11.3 Å². The highest BCUT2D eigenvalue weighted by Gasteiger charge is 2.30. The molecule has 23 heavy (non-hydrogen) atoms. The van der Waals surface area contributed by atoms with E-state index in [-0.39, 0.29) is 6.09 Å². The first-order chi connectivity index (χ1) is 10.5. The van der Waals surface area contributed by atoms with Crippen LogP contribution in [0.5, 0.6) is 0 Å². The number of carbonyl (C=O) groups excluding carboxylic acids is 1. The Morgan fingerprint density at radius 2 is 1.65 bits per heavy atom. The number of rotatable bonds is 5. The molecule has 0 aromatic rings. The Labute approximate surface area is 143 Å². The smallest absolute Gasteiger partial charge is 0.407 e. The summed E-state index contributed by atoms with van der Waals surface area (Å²) in [5.74, 6) is 0.834. The molecule has 4 heteroatoms. The highest BCUT2D eigenvalue weighted by Crippen LogP contribution is 2.37. The molecule has 4 nitrogen and oxygen atoms in total. The molecule has 1 fully saturated rings. The van der Waals surface area contributed by atoms with Gasteiger partial charge in [0.2, 0.25) is 0 Å². The summed E-state index contributed by atoms with van der Waals surface area (Å²) in [6.07, 6.45) is 5.77. The van der Waals surface area contributed by atoms with Crippen LogP contribution in [0, 0.1) is 11.3 Å². The Balaban J connectivity index is 2.33. The van der Waals surface area contributed by atoms with Gasteiger partial charge in [0.05, 0.1) is 0 Å². The summed E-state index contributed by atoms with van der Waals surface area (Å²) in [5.41, 5.74) is -0.0159. The quantitative estimate of drug-likeness (QED) is 0.783. The van der Waals surface area contributed by atoms with Crippen LogP contribution >= 0.6 is 0 Å². The van der Waals surface area contributed by atoms with Crippen molar-refractivity contribution in [3.8, 4) is 0 Å². The number of hydrogen-bond donors (Lipinski definition) is 2. The molecule has 0 heterocycles. The van der Waals surface area contributed by atoms with E-state index >= 15 is 0 Å². The number of carbonyl (C=O) groups is 1. The SMILES string of the molecule is CCC(CNC(=O)OC(C)(C)C)NC1CCC(C(C)(C)C)CC1. The highest BCUT2D eigenvalue weighted by molar-refractivity contribution is 5.67. The van der Waals surface area contributed by atoms with Gasteiger partial charge in [-0.15, -0.1) is 0 Å². The van der Waals surface area contributed by atoms with E-state index in [0.717, 1.165) is 12.3 Å². The van der Waals surface area contributed by atoms with E-state index in [0.29, 0.717) is 24.0 Å². The second kappa shape index (κ2) is 8.36. The summed E-state index contributed by atoms with van der Waals surface area (Å²) in [5, 5.41) is 6.61. The molecule has 1 amide bonds. The Bertz CT molecular complexity index is 361. The van der Waals surface area contributed by atoms with E-state index in [1.807, 2.05) is 20.8 Å². The summed E-state index contributed by atoms with van der Waals surface area (Å²) in [4.78, 5) is 11.8. The molecule has 1 aliphatic carbocycles. The van der Waals surface area contributed by atoms with Gasteiger partial charge in [-0.25, -0.2) is 4.79 Å². The lowest BCUT2D eigenvalue weighted by atomic mass is 9.71. The molecule has 136 valence electrons. The van der Waals surface area contributed by atoms with Gasteiger partial charge in [-0.1, -0.05) is 27.7 Å². The molecular weight excluding hydrogens is 288 g/mol. The molecule has 0 radical (unpaired) electrons. The van der Waals surface area contributed by atoms with Crippen LogP contribution in [-0.2, 0) is 4.74 Å². The van der Waals surface area contributed by atoms with Gasteiger partial charge in [0.25, 0.3) is 0 Å². The second-order valence-electron chi connectivity index (χ2n) is 9.07.